The second-order valence-corrected chi connectivity index (χ2v) is 16.2. The van der Waals surface area contributed by atoms with Crippen LogP contribution in [0.2, 0.25) is 0 Å². The molecule has 7 rings (SSSR count). The lowest BCUT2D eigenvalue weighted by Gasteiger charge is -2.57. The van der Waals surface area contributed by atoms with Crippen molar-refractivity contribution in [3.63, 3.8) is 0 Å². The molecule has 0 spiro atoms. The number of rotatable bonds is 12. The first-order valence-electron chi connectivity index (χ1n) is 16.9. The van der Waals surface area contributed by atoms with E-state index in [0.29, 0.717) is 17.9 Å². The number of sulfonamides is 1. The molecule has 0 aromatic heterocycles. The molecule has 0 heterocycles. The van der Waals surface area contributed by atoms with E-state index in [2.05, 4.69) is 17.4 Å². The maximum Gasteiger partial charge on any atom is 0.244 e. The molecule has 1 atom stereocenters. The molecular weight excluding hydrogens is 586 g/mol. The Balaban J connectivity index is 1.24. The highest BCUT2D eigenvalue weighted by Crippen LogP contribution is 2.60. The predicted octanol–water partition coefficient (Wildman–Crippen LogP) is 5.80. The Bertz CT molecular complexity index is 1430. The molecule has 5 saturated carbocycles. The minimum Gasteiger partial charge on any atom is -0.497 e. The number of carbonyl (C=O) groups excluding carboxylic acids is 2. The van der Waals surface area contributed by atoms with Gasteiger partial charge in [0.15, 0.2) is 0 Å². The van der Waals surface area contributed by atoms with E-state index in [1.807, 2.05) is 43.3 Å². The Labute approximate surface area is 268 Å². The fraction of sp³-hybridized carbons (Fsp3) is 0.611. The maximum absolute atomic E-state index is 14.2. The number of ether oxygens (including phenoxy) is 1. The summed E-state index contributed by atoms with van der Waals surface area (Å²) in [4.78, 5) is 29.3. The first-order valence-corrected chi connectivity index (χ1v) is 18.7. The number of nitrogens with one attached hydrogen (secondary N) is 1. The number of amides is 2. The molecule has 1 N–H and O–H groups in total. The third-order valence-corrected chi connectivity index (χ3v) is 12.2. The number of carbonyl (C=O) groups is 2. The standard InChI is InChI=1S/C36H49N3O5S/c1-4-33(35(41)37-30-7-5-6-8-30)38(23-25-9-15-32(44-2)16-10-25)34(40)24-39(45(3,42)43)31-13-11-29(12-14-31)36-20-26-17-27(21-36)19-28(18-26)22-36/h9-16,26-28,30,33H,4-8,17-24H2,1-3H3,(H,37,41)/t26?,27?,28?,33-,36?/m1/s1. The Kier molecular flexibility index (Phi) is 9.19. The van der Waals surface area contributed by atoms with E-state index in [4.69, 9.17) is 4.74 Å². The maximum atomic E-state index is 14.2. The van der Waals surface area contributed by atoms with Crippen LogP contribution >= 0.6 is 0 Å². The molecule has 2 aromatic rings. The van der Waals surface area contributed by atoms with Crippen molar-refractivity contribution < 1.29 is 22.7 Å². The fourth-order valence-corrected chi connectivity index (χ4v) is 10.1. The molecule has 8 nitrogen and oxygen atoms in total. The number of anilines is 1. The molecule has 4 bridgehead atoms. The minimum absolute atomic E-state index is 0.115. The summed E-state index contributed by atoms with van der Waals surface area (Å²) in [5, 5.41) is 3.16. The first-order chi connectivity index (χ1) is 21.6. The van der Waals surface area contributed by atoms with E-state index in [1.165, 1.54) is 48.4 Å². The molecular formula is C36H49N3O5S. The van der Waals surface area contributed by atoms with Gasteiger partial charge < -0.3 is 15.0 Å². The van der Waals surface area contributed by atoms with Gasteiger partial charge in [-0.25, -0.2) is 8.42 Å². The van der Waals surface area contributed by atoms with Crippen LogP contribution in [0.1, 0.15) is 88.7 Å². The highest BCUT2D eigenvalue weighted by Gasteiger charge is 2.51. The largest absolute Gasteiger partial charge is 0.497 e. The van der Waals surface area contributed by atoms with Gasteiger partial charge in [0.2, 0.25) is 21.8 Å². The Hall–Kier alpha value is -3.07. The highest BCUT2D eigenvalue weighted by molar-refractivity contribution is 7.92. The average Bonchev–Trinajstić information content (AvgIpc) is 3.52. The monoisotopic (exact) mass is 635 g/mol. The summed E-state index contributed by atoms with van der Waals surface area (Å²) < 4.78 is 32.9. The molecule has 45 heavy (non-hydrogen) atoms. The molecule has 0 unspecified atom stereocenters. The van der Waals surface area contributed by atoms with Crippen LogP contribution in [0, 0.1) is 17.8 Å². The summed E-state index contributed by atoms with van der Waals surface area (Å²) in [6.07, 6.45) is 13.4. The lowest BCUT2D eigenvalue weighted by Crippen LogP contribution is -2.53. The predicted molar refractivity (Wildman–Crippen MR) is 177 cm³/mol. The van der Waals surface area contributed by atoms with Crippen LogP contribution in [0.4, 0.5) is 5.69 Å². The third-order valence-electron chi connectivity index (χ3n) is 11.1. The van der Waals surface area contributed by atoms with E-state index in [0.717, 1.165) is 55.3 Å². The summed E-state index contributed by atoms with van der Waals surface area (Å²) in [5.74, 6) is 2.55. The van der Waals surface area contributed by atoms with Crippen LogP contribution < -0.4 is 14.4 Å². The lowest BCUT2D eigenvalue weighted by atomic mass is 9.48. The molecule has 244 valence electrons. The Morgan fingerprint density at radius 1 is 0.933 bits per heavy atom. The van der Waals surface area contributed by atoms with Gasteiger partial charge in [-0.3, -0.25) is 13.9 Å². The number of hydrogen-bond donors (Lipinski definition) is 1. The zero-order chi connectivity index (χ0) is 31.8. The van der Waals surface area contributed by atoms with Gasteiger partial charge in [-0.15, -0.1) is 0 Å². The second-order valence-electron chi connectivity index (χ2n) is 14.3. The zero-order valence-electron chi connectivity index (χ0n) is 27.0. The highest BCUT2D eigenvalue weighted by atomic mass is 32.2. The van der Waals surface area contributed by atoms with Crippen molar-refractivity contribution in [1.82, 2.24) is 10.2 Å². The van der Waals surface area contributed by atoms with Gasteiger partial charge >= 0.3 is 0 Å². The van der Waals surface area contributed by atoms with Crippen LogP contribution in [0.5, 0.6) is 5.75 Å². The molecule has 2 aromatic carbocycles. The normalized spacial score (nSPS) is 26.4. The summed E-state index contributed by atoms with van der Waals surface area (Å²) >= 11 is 0. The van der Waals surface area contributed by atoms with E-state index < -0.39 is 22.0 Å². The van der Waals surface area contributed by atoms with Crippen molar-refractivity contribution in [1.29, 1.82) is 0 Å². The lowest BCUT2D eigenvalue weighted by molar-refractivity contribution is -0.140. The molecule has 5 fully saturated rings. The van der Waals surface area contributed by atoms with Crippen molar-refractivity contribution in [3.8, 4) is 5.75 Å². The summed E-state index contributed by atoms with van der Waals surface area (Å²) in [6.45, 7) is 1.70. The van der Waals surface area contributed by atoms with Crippen molar-refractivity contribution in [2.24, 2.45) is 17.8 Å². The Morgan fingerprint density at radius 2 is 1.51 bits per heavy atom. The van der Waals surface area contributed by atoms with Crippen LogP contribution in [0.15, 0.2) is 48.5 Å². The average molecular weight is 636 g/mol. The van der Waals surface area contributed by atoms with E-state index in [1.54, 1.807) is 12.0 Å². The number of nitrogens with zero attached hydrogens (tertiary/aromatic N) is 2. The van der Waals surface area contributed by atoms with Gasteiger partial charge in [-0.1, -0.05) is 44.0 Å². The molecule has 5 aliphatic rings. The minimum atomic E-state index is -3.79. The van der Waals surface area contributed by atoms with Gasteiger partial charge in [-0.05, 0) is 116 Å². The SMILES string of the molecule is CC[C@H](C(=O)NC1CCCC1)N(Cc1ccc(OC)cc1)C(=O)CN(c1ccc(C23CC4CC(CC(C4)C2)C3)cc1)S(C)(=O)=O. The zero-order valence-corrected chi connectivity index (χ0v) is 27.9. The van der Waals surface area contributed by atoms with Gasteiger partial charge in [0.1, 0.15) is 18.3 Å². The van der Waals surface area contributed by atoms with Gasteiger partial charge in [0.25, 0.3) is 0 Å². The van der Waals surface area contributed by atoms with Gasteiger partial charge in [0.05, 0.1) is 19.1 Å². The van der Waals surface area contributed by atoms with E-state index in [-0.39, 0.29) is 30.5 Å². The topological polar surface area (TPSA) is 96.0 Å². The third kappa shape index (κ3) is 6.88. The quantitative estimate of drug-likeness (QED) is 0.318. The molecule has 5 aliphatic carbocycles. The summed E-state index contributed by atoms with van der Waals surface area (Å²) in [7, 11) is -2.19. The van der Waals surface area contributed by atoms with E-state index >= 15 is 0 Å². The number of benzene rings is 2. The molecule has 0 radical (unpaired) electrons. The van der Waals surface area contributed by atoms with Gasteiger partial charge in [-0.2, -0.15) is 0 Å². The van der Waals surface area contributed by atoms with Crippen LogP contribution in [-0.4, -0.2) is 57.1 Å². The molecule has 9 heteroatoms. The van der Waals surface area contributed by atoms with E-state index in [9.17, 15) is 18.0 Å². The second kappa shape index (κ2) is 13.0. The van der Waals surface area contributed by atoms with Crippen molar-refractivity contribution in [3.05, 3.63) is 59.7 Å². The van der Waals surface area contributed by atoms with Crippen molar-refractivity contribution in [2.45, 2.75) is 102 Å². The van der Waals surface area contributed by atoms with Crippen LogP contribution in [0.3, 0.4) is 0 Å². The first kappa shape index (κ1) is 31.9. The van der Waals surface area contributed by atoms with Crippen LogP contribution in [-0.2, 0) is 31.6 Å². The summed E-state index contributed by atoms with van der Waals surface area (Å²) in [5.41, 5.74) is 2.82. The molecule has 0 saturated heterocycles. The molecule has 0 aliphatic heterocycles. The number of methoxy groups -OCH3 is 1. The van der Waals surface area contributed by atoms with Crippen molar-refractivity contribution >= 4 is 27.5 Å². The molecule has 2 amide bonds. The van der Waals surface area contributed by atoms with Gasteiger partial charge in [0, 0.05) is 12.6 Å². The van der Waals surface area contributed by atoms with Crippen LogP contribution in [0.25, 0.3) is 0 Å². The smallest absolute Gasteiger partial charge is 0.244 e. The van der Waals surface area contributed by atoms with Crippen molar-refractivity contribution in [2.75, 3.05) is 24.2 Å². The fourth-order valence-electron chi connectivity index (χ4n) is 9.27. The number of hydrogen-bond acceptors (Lipinski definition) is 5. The summed E-state index contributed by atoms with van der Waals surface area (Å²) in [6, 6.07) is 14.7. The Morgan fingerprint density at radius 3 is 2.02 bits per heavy atom.